The predicted octanol–water partition coefficient (Wildman–Crippen LogP) is 1.74. The van der Waals surface area contributed by atoms with Crippen molar-refractivity contribution in [1.82, 2.24) is 10.2 Å². The van der Waals surface area contributed by atoms with Crippen LogP contribution >= 0.6 is 0 Å². The number of fused-ring (bicyclic) bond motifs is 1. The van der Waals surface area contributed by atoms with E-state index in [1.54, 1.807) is 0 Å². The zero-order valence-electron chi connectivity index (χ0n) is 10.7. The number of amidine groups is 1. The van der Waals surface area contributed by atoms with Crippen molar-refractivity contribution < 1.29 is 4.79 Å². The lowest BCUT2D eigenvalue weighted by atomic mass is 10.1. The van der Waals surface area contributed by atoms with Gasteiger partial charge in [0.1, 0.15) is 5.84 Å². The standard InChI is InChI=1S/C14H19N3O/c1-2-8-16-13(18)7-9-17-10-11-5-3-4-6-12(11)14(17)15/h3-6,15H,2,7-10H2,1H3,(H,16,18). The molecular weight excluding hydrogens is 226 g/mol. The molecule has 4 nitrogen and oxygen atoms in total. The van der Waals surface area contributed by atoms with Gasteiger partial charge in [0.25, 0.3) is 0 Å². The van der Waals surface area contributed by atoms with Crippen LogP contribution in [-0.4, -0.2) is 29.7 Å². The third-order valence-electron chi connectivity index (χ3n) is 3.13. The molecule has 0 saturated carbocycles. The fraction of sp³-hybridized carbons (Fsp3) is 0.429. The summed E-state index contributed by atoms with van der Waals surface area (Å²) in [5.41, 5.74) is 2.17. The second-order valence-corrected chi connectivity index (χ2v) is 4.53. The van der Waals surface area contributed by atoms with Crippen molar-refractivity contribution in [3.63, 3.8) is 0 Å². The molecule has 2 N–H and O–H groups in total. The Morgan fingerprint density at radius 3 is 2.94 bits per heavy atom. The minimum absolute atomic E-state index is 0.0700. The summed E-state index contributed by atoms with van der Waals surface area (Å²) in [6.45, 7) is 4.13. The lowest BCUT2D eigenvalue weighted by Gasteiger charge is -2.17. The Balaban J connectivity index is 1.87. The third kappa shape index (κ3) is 2.70. The zero-order valence-corrected chi connectivity index (χ0v) is 10.7. The van der Waals surface area contributed by atoms with Gasteiger partial charge >= 0.3 is 0 Å². The number of carbonyl (C=O) groups is 1. The fourth-order valence-corrected chi connectivity index (χ4v) is 2.12. The van der Waals surface area contributed by atoms with Gasteiger partial charge in [-0.05, 0) is 12.0 Å². The van der Waals surface area contributed by atoms with E-state index in [4.69, 9.17) is 5.41 Å². The van der Waals surface area contributed by atoms with Crippen LogP contribution in [0.25, 0.3) is 0 Å². The lowest BCUT2D eigenvalue weighted by molar-refractivity contribution is -0.121. The van der Waals surface area contributed by atoms with E-state index in [-0.39, 0.29) is 5.91 Å². The molecule has 4 heteroatoms. The normalized spacial score (nSPS) is 13.6. The molecule has 0 bridgehead atoms. The molecule has 2 rings (SSSR count). The highest BCUT2D eigenvalue weighted by Gasteiger charge is 2.23. The summed E-state index contributed by atoms with van der Waals surface area (Å²) in [5.74, 6) is 0.606. The van der Waals surface area contributed by atoms with Gasteiger partial charge in [0.2, 0.25) is 5.91 Å². The Bertz CT molecular complexity index is 456. The monoisotopic (exact) mass is 245 g/mol. The van der Waals surface area contributed by atoms with Crippen LogP contribution in [0.3, 0.4) is 0 Å². The Morgan fingerprint density at radius 2 is 2.22 bits per heavy atom. The van der Waals surface area contributed by atoms with Gasteiger partial charge < -0.3 is 10.2 Å². The Morgan fingerprint density at radius 1 is 1.44 bits per heavy atom. The molecule has 1 amide bonds. The van der Waals surface area contributed by atoms with Gasteiger partial charge in [0.15, 0.2) is 0 Å². The quantitative estimate of drug-likeness (QED) is 0.830. The van der Waals surface area contributed by atoms with Crippen LogP contribution in [0.2, 0.25) is 0 Å². The topological polar surface area (TPSA) is 56.2 Å². The van der Waals surface area contributed by atoms with E-state index in [0.717, 1.165) is 25.1 Å². The molecule has 1 aliphatic heterocycles. The van der Waals surface area contributed by atoms with Crippen molar-refractivity contribution >= 4 is 11.7 Å². The van der Waals surface area contributed by atoms with Crippen molar-refractivity contribution in [2.24, 2.45) is 0 Å². The first kappa shape index (κ1) is 12.6. The summed E-state index contributed by atoms with van der Waals surface area (Å²) in [6, 6.07) is 7.95. The van der Waals surface area contributed by atoms with Crippen molar-refractivity contribution in [2.45, 2.75) is 26.3 Å². The van der Waals surface area contributed by atoms with E-state index in [9.17, 15) is 4.79 Å². The van der Waals surface area contributed by atoms with Crippen LogP contribution in [0, 0.1) is 5.41 Å². The maximum atomic E-state index is 11.5. The fourth-order valence-electron chi connectivity index (χ4n) is 2.12. The summed E-state index contributed by atoms with van der Waals surface area (Å²) >= 11 is 0. The van der Waals surface area contributed by atoms with Gasteiger partial charge in [-0.15, -0.1) is 0 Å². The molecule has 96 valence electrons. The Hall–Kier alpha value is -1.84. The van der Waals surface area contributed by atoms with Crippen LogP contribution in [0.15, 0.2) is 24.3 Å². The predicted molar refractivity (Wildman–Crippen MR) is 71.6 cm³/mol. The van der Waals surface area contributed by atoms with Crippen LogP contribution in [0.5, 0.6) is 0 Å². The van der Waals surface area contributed by atoms with Gasteiger partial charge in [-0.3, -0.25) is 10.2 Å². The summed E-state index contributed by atoms with van der Waals surface area (Å²) < 4.78 is 0. The van der Waals surface area contributed by atoms with Gasteiger partial charge in [0, 0.05) is 31.6 Å². The summed E-state index contributed by atoms with van der Waals surface area (Å²) in [7, 11) is 0. The van der Waals surface area contributed by atoms with Crippen LogP contribution < -0.4 is 5.32 Å². The third-order valence-corrected chi connectivity index (χ3v) is 3.13. The number of nitrogens with one attached hydrogen (secondary N) is 2. The highest BCUT2D eigenvalue weighted by Crippen LogP contribution is 2.21. The van der Waals surface area contributed by atoms with Crippen molar-refractivity contribution in [3.8, 4) is 0 Å². The molecule has 0 unspecified atom stereocenters. The molecule has 1 aromatic rings. The van der Waals surface area contributed by atoms with E-state index >= 15 is 0 Å². The molecule has 18 heavy (non-hydrogen) atoms. The molecule has 0 saturated heterocycles. The van der Waals surface area contributed by atoms with E-state index in [2.05, 4.69) is 5.32 Å². The van der Waals surface area contributed by atoms with Crippen LogP contribution in [0.1, 0.15) is 30.9 Å². The minimum Gasteiger partial charge on any atom is -0.356 e. The molecular formula is C14H19N3O. The molecule has 1 heterocycles. The molecule has 1 aromatic carbocycles. The highest BCUT2D eigenvalue weighted by atomic mass is 16.1. The summed E-state index contributed by atoms with van der Waals surface area (Å²) in [6.07, 6.45) is 1.41. The molecule has 0 atom stereocenters. The first-order chi connectivity index (χ1) is 8.72. The minimum atomic E-state index is 0.0700. The van der Waals surface area contributed by atoms with E-state index in [1.807, 2.05) is 36.1 Å². The number of benzene rings is 1. The van der Waals surface area contributed by atoms with Gasteiger partial charge in [0.05, 0.1) is 0 Å². The Labute approximate surface area is 108 Å². The second-order valence-electron chi connectivity index (χ2n) is 4.53. The van der Waals surface area contributed by atoms with Crippen molar-refractivity contribution in [1.29, 1.82) is 5.41 Å². The second kappa shape index (κ2) is 5.67. The number of nitrogens with zero attached hydrogens (tertiary/aromatic N) is 1. The largest absolute Gasteiger partial charge is 0.356 e. The molecule has 0 radical (unpaired) electrons. The molecule has 0 fully saturated rings. The lowest BCUT2D eigenvalue weighted by Crippen LogP contribution is -2.31. The maximum Gasteiger partial charge on any atom is 0.221 e. The maximum absolute atomic E-state index is 11.5. The zero-order chi connectivity index (χ0) is 13.0. The average molecular weight is 245 g/mol. The number of rotatable bonds is 5. The Kier molecular flexibility index (Phi) is 3.97. The number of carbonyl (C=O) groups excluding carboxylic acids is 1. The summed E-state index contributed by atoms with van der Waals surface area (Å²) in [4.78, 5) is 13.5. The van der Waals surface area contributed by atoms with Crippen molar-refractivity contribution in [3.05, 3.63) is 35.4 Å². The molecule has 1 aliphatic rings. The average Bonchev–Trinajstić information content (AvgIpc) is 2.71. The molecule has 0 aromatic heterocycles. The summed E-state index contributed by atoms with van der Waals surface area (Å²) in [5, 5.41) is 10.9. The van der Waals surface area contributed by atoms with Crippen molar-refractivity contribution in [2.75, 3.05) is 13.1 Å². The highest BCUT2D eigenvalue weighted by molar-refractivity contribution is 6.00. The number of hydrogen-bond acceptors (Lipinski definition) is 2. The van der Waals surface area contributed by atoms with E-state index < -0.39 is 0 Å². The number of amides is 1. The van der Waals surface area contributed by atoms with Crippen LogP contribution in [0.4, 0.5) is 0 Å². The van der Waals surface area contributed by atoms with E-state index in [0.29, 0.717) is 18.8 Å². The smallest absolute Gasteiger partial charge is 0.221 e. The van der Waals surface area contributed by atoms with Gasteiger partial charge in [-0.1, -0.05) is 31.2 Å². The first-order valence-corrected chi connectivity index (χ1v) is 6.41. The van der Waals surface area contributed by atoms with Gasteiger partial charge in [-0.25, -0.2) is 0 Å². The van der Waals surface area contributed by atoms with Gasteiger partial charge in [-0.2, -0.15) is 0 Å². The number of hydrogen-bond donors (Lipinski definition) is 2. The first-order valence-electron chi connectivity index (χ1n) is 6.41. The molecule has 0 aliphatic carbocycles. The van der Waals surface area contributed by atoms with E-state index in [1.165, 1.54) is 5.56 Å². The SMILES string of the molecule is CCCNC(=O)CCN1Cc2ccccc2C1=N. The van der Waals surface area contributed by atoms with Crippen LogP contribution in [-0.2, 0) is 11.3 Å². The molecule has 0 spiro atoms.